The Morgan fingerprint density at radius 2 is 0.947 bits per heavy atom. The zero-order valence-corrected chi connectivity index (χ0v) is 53.4. The van der Waals surface area contributed by atoms with Crippen molar-refractivity contribution < 1.29 is 163 Å². The van der Waals surface area contributed by atoms with Crippen LogP contribution in [0.4, 0.5) is 0 Å². The van der Waals surface area contributed by atoms with E-state index in [2.05, 4.69) is 27.7 Å². The van der Waals surface area contributed by atoms with Crippen molar-refractivity contribution in [1.29, 1.82) is 0 Å². The Morgan fingerprint density at radius 3 is 1.51 bits per heavy atom. The Labute approximate surface area is 547 Å². The van der Waals surface area contributed by atoms with Crippen molar-refractivity contribution >= 4 is 5.78 Å². The molecule has 12 fully saturated rings. The van der Waals surface area contributed by atoms with Gasteiger partial charge in [-0.15, -0.1) is 0 Å². The number of rotatable bonds is 17. The number of aliphatic hydroxyl groups is 18. The first-order valence-corrected chi connectivity index (χ1v) is 33.7. The standard InChI is InChI=1S/C62H100O33/c1-21-7-10-62(83-19-21)22(2)36-29(95-62)12-27-25-6-5-23-11-24(8-9-60(23,3)26(25)13-35(69)61(27,36)4)84-55-46(79)42(75)51(34(18-67)88-55)92-59-53(94-57-45(78)41(74)38(71)31(15-64)86-57)52(39(72)32(16-65)87-59)93-54-48(81)49(28(68)20-82-54)90-58-47(80)43(76)50(33(17-66)89-58)91-56-44(77)40(73)37(70)30(14-63)85-56/h21-34,36-59,63-68,70-81H,5-20H2,1-4H3/t21?,22?,23?,24?,25?,26?,27?,28-,29?,30-,31-,32-,33-,34-,36?,37-,38-,39-,40-,41-,42+,43-,44-,45-,46-,47-,48-,49+,50-,51+,52-,53-,54+,55-,56+,57+,58+,59+,60?,61?,62?/m1/s1. The summed E-state index contributed by atoms with van der Waals surface area (Å²) >= 11 is 0. The third-order valence-electron chi connectivity index (χ3n) is 24.1. The molecule has 8 heterocycles. The van der Waals surface area contributed by atoms with Crippen LogP contribution < -0.4 is 0 Å². The van der Waals surface area contributed by atoms with E-state index in [1.165, 1.54) is 0 Å². The molecule has 12 rings (SSSR count). The second-order valence-electron chi connectivity index (χ2n) is 29.4. The van der Waals surface area contributed by atoms with E-state index in [1.54, 1.807) is 0 Å². The summed E-state index contributed by atoms with van der Waals surface area (Å²) in [5.74, 6) is 0.993. The molecule has 4 aliphatic carbocycles. The van der Waals surface area contributed by atoms with Gasteiger partial charge in [0.2, 0.25) is 0 Å². The molecule has 0 amide bonds. The van der Waals surface area contributed by atoms with Gasteiger partial charge in [-0.3, -0.25) is 4.79 Å². The molecule has 33 nitrogen and oxygen atoms in total. The van der Waals surface area contributed by atoms with Crippen LogP contribution in [0.25, 0.3) is 0 Å². The lowest BCUT2D eigenvalue weighted by Gasteiger charge is -2.60. The first-order chi connectivity index (χ1) is 45.2. The number of aliphatic hydroxyl groups excluding tert-OH is 18. The number of carbonyl (C=O) groups excluding carboxylic acids is 1. The third kappa shape index (κ3) is 13.0. The maximum absolute atomic E-state index is 14.8. The topological polar surface area (TPSA) is 510 Å². The highest BCUT2D eigenvalue weighted by Gasteiger charge is 2.72. The lowest BCUT2D eigenvalue weighted by molar-refractivity contribution is -0.407. The van der Waals surface area contributed by atoms with Crippen molar-refractivity contribution in [3.05, 3.63) is 0 Å². The van der Waals surface area contributed by atoms with Crippen LogP contribution in [0.2, 0.25) is 0 Å². The second-order valence-corrected chi connectivity index (χ2v) is 29.4. The Hall–Kier alpha value is -1.61. The predicted molar refractivity (Wildman–Crippen MR) is 308 cm³/mol. The molecule has 12 aliphatic rings. The van der Waals surface area contributed by atoms with Crippen LogP contribution in [0.1, 0.15) is 85.5 Å². The minimum atomic E-state index is -2.20. The fourth-order valence-electron chi connectivity index (χ4n) is 18.5. The van der Waals surface area contributed by atoms with E-state index >= 15 is 0 Å². The first-order valence-electron chi connectivity index (χ1n) is 33.7. The Kier molecular flexibility index (Phi) is 22.3. The molecular weight excluding hydrogens is 1270 g/mol. The van der Waals surface area contributed by atoms with E-state index in [0.717, 1.165) is 32.1 Å². The molecule has 41 atom stereocenters. The SMILES string of the molecule is CC1CCC2(OC1)OC1CC3C4CCC5CC(O[C@@H]6O[C@H](CO)[C@H](O[C@@H]7O[C@H](CO)[C@@H](O)[C@@H](O[C@@H]8OC[C@@H](O)[C@H](O[C@@H]9O[C@H](CO)[C@@H](O[C@@H]%10O[C@H](CO)[C@@H](O)[C@@H](O)[C@H]%10O)[C@H](O)[C@H]9O)[C@H]8O)[C@H]7O[C@@H]7O[C@H](CO)[C@@H](O)[C@@H](O)[C@H]7O)[C@@H](O)[C@H]6O)CCC5(C)C4CC(=O)C3(C)C1C2C. The third-order valence-corrected chi connectivity index (χ3v) is 24.1. The number of ketones is 1. The van der Waals surface area contributed by atoms with Crippen molar-refractivity contribution in [2.24, 2.45) is 52.3 Å². The number of ether oxygens (including phenoxy) is 14. The quantitative estimate of drug-likeness (QED) is 0.0602. The Bertz CT molecular complexity index is 2550. The number of hydrogen-bond acceptors (Lipinski definition) is 33. The summed E-state index contributed by atoms with van der Waals surface area (Å²) in [5, 5.41) is 197. The molecule has 0 aromatic heterocycles. The summed E-state index contributed by atoms with van der Waals surface area (Å²) in [6, 6.07) is 0. The fraction of sp³-hybridized carbons (Fsp3) is 0.984. The zero-order chi connectivity index (χ0) is 68.2. The molecule has 4 saturated carbocycles. The zero-order valence-electron chi connectivity index (χ0n) is 53.4. The molecule has 0 aromatic carbocycles. The molecule has 546 valence electrons. The van der Waals surface area contributed by atoms with Gasteiger partial charge in [-0.2, -0.15) is 0 Å². The highest BCUT2D eigenvalue weighted by atomic mass is 16.8. The van der Waals surface area contributed by atoms with Crippen molar-refractivity contribution in [3.63, 3.8) is 0 Å². The molecule has 0 radical (unpaired) electrons. The molecule has 0 bridgehead atoms. The molecule has 33 heteroatoms. The summed E-state index contributed by atoms with van der Waals surface area (Å²) in [6.45, 7) is 4.08. The molecule has 8 aliphatic heterocycles. The van der Waals surface area contributed by atoms with E-state index in [4.69, 9.17) is 66.3 Å². The van der Waals surface area contributed by atoms with Gasteiger partial charge < -0.3 is 158 Å². The number of carbonyl (C=O) groups is 1. The average Bonchev–Trinajstić information content (AvgIpc) is 1.56. The summed E-state index contributed by atoms with van der Waals surface area (Å²) in [7, 11) is 0. The smallest absolute Gasteiger partial charge is 0.187 e. The lowest BCUT2D eigenvalue weighted by atomic mass is 9.44. The van der Waals surface area contributed by atoms with Gasteiger partial charge in [0.25, 0.3) is 0 Å². The largest absolute Gasteiger partial charge is 0.394 e. The summed E-state index contributed by atoms with van der Waals surface area (Å²) < 4.78 is 84.7. The Balaban J connectivity index is 0.724. The number of hydrogen-bond donors (Lipinski definition) is 18. The van der Waals surface area contributed by atoms with Crippen LogP contribution in [0.15, 0.2) is 0 Å². The van der Waals surface area contributed by atoms with Gasteiger partial charge in [0.1, 0.15) is 146 Å². The normalized spacial score (nSPS) is 56.5. The molecule has 18 N–H and O–H groups in total. The monoisotopic (exact) mass is 1370 g/mol. The van der Waals surface area contributed by atoms with Crippen molar-refractivity contribution in [2.45, 2.75) is 282 Å². The Morgan fingerprint density at radius 1 is 0.453 bits per heavy atom. The van der Waals surface area contributed by atoms with Gasteiger partial charge in [0.15, 0.2) is 43.5 Å². The van der Waals surface area contributed by atoms with Crippen LogP contribution in [-0.4, -0.2) is 340 Å². The van der Waals surface area contributed by atoms with Crippen LogP contribution in [0, 0.1) is 52.3 Å². The van der Waals surface area contributed by atoms with E-state index in [1.807, 2.05) is 0 Å². The maximum Gasteiger partial charge on any atom is 0.187 e. The highest BCUT2D eigenvalue weighted by Crippen LogP contribution is 2.70. The van der Waals surface area contributed by atoms with Gasteiger partial charge in [0, 0.05) is 30.1 Å². The summed E-state index contributed by atoms with van der Waals surface area (Å²) in [6.07, 6.45) is -49.0. The van der Waals surface area contributed by atoms with Gasteiger partial charge in [-0.05, 0) is 80.0 Å². The van der Waals surface area contributed by atoms with Crippen LogP contribution in [-0.2, 0) is 71.1 Å². The molecular formula is C62H100O33. The summed E-state index contributed by atoms with van der Waals surface area (Å²) in [5.41, 5.74) is -0.739. The van der Waals surface area contributed by atoms with Crippen LogP contribution in [0.5, 0.6) is 0 Å². The summed E-state index contributed by atoms with van der Waals surface area (Å²) in [4.78, 5) is 14.8. The first kappa shape index (κ1) is 73.2. The van der Waals surface area contributed by atoms with Gasteiger partial charge >= 0.3 is 0 Å². The predicted octanol–water partition coefficient (Wildman–Crippen LogP) is -7.44. The molecule has 8 saturated heterocycles. The lowest BCUT2D eigenvalue weighted by Crippen LogP contribution is -2.68. The number of fused-ring (bicyclic) bond motifs is 7. The molecule has 95 heavy (non-hydrogen) atoms. The average molecular weight is 1370 g/mol. The van der Waals surface area contributed by atoms with Crippen LogP contribution in [0.3, 0.4) is 0 Å². The van der Waals surface area contributed by atoms with Crippen LogP contribution >= 0.6 is 0 Å². The molecule has 0 aromatic rings. The van der Waals surface area contributed by atoms with Gasteiger partial charge in [-0.1, -0.05) is 27.7 Å². The minimum absolute atomic E-state index is 0.0533. The van der Waals surface area contributed by atoms with E-state index < -0.39 is 235 Å². The second kappa shape index (κ2) is 28.9. The highest BCUT2D eigenvalue weighted by molar-refractivity contribution is 5.87. The minimum Gasteiger partial charge on any atom is -0.394 e. The fourth-order valence-corrected chi connectivity index (χ4v) is 18.5. The van der Waals surface area contributed by atoms with Gasteiger partial charge in [0.05, 0.1) is 58.5 Å². The molecule has 1 spiro atoms. The van der Waals surface area contributed by atoms with E-state index in [-0.39, 0.29) is 41.1 Å². The van der Waals surface area contributed by atoms with E-state index in [0.29, 0.717) is 49.9 Å². The van der Waals surface area contributed by atoms with E-state index in [9.17, 15) is 96.7 Å². The van der Waals surface area contributed by atoms with Crippen molar-refractivity contribution in [3.8, 4) is 0 Å². The number of Topliss-reactive ketones (excluding diaryl/α,β-unsaturated/α-hetero) is 1. The van der Waals surface area contributed by atoms with Gasteiger partial charge in [-0.25, -0.2) is 0 Å². The molecule has 12 unspecified atom stereocenters. The van der Waals surface area contributed by atoms with Crippen molar-refractivity contribution in [2.75, 3.05) is 46.2 Å². The van der Waals surface area contributed by atoms with Crippen molar-refractivity contribution in [1.82, 2.24) is 0 Å². The maximum atomic E-state index is 14.8.